The van der Waals surface area contributed by atoms with Crippen molar-refractivity contribution >= 4 is 47.6 Å². The number of aliphatic imine (C=N–C) groups is 1. The Balaban J connectivity index is 0.00000576. The number of thioether (sulfide) groups is 1. The molecule has 2 N–H and O–H groups in total. The zero-order chi connectivity index (χ0) is 17.8. The molecule has 6 nitrogen and oxygen atoms in total. The minimum atomic E-state index is -0.111. The highest BCUT2D eigenvalue weighted by atomic mass is 127. The smallest absolute Gasteiger partial charge is 0.241 e. The van der Waals surface area contributed by atoms with Gasteiger partial charge in [-0.3, -0.25) is 4.79 Å². The van der Waals surface area contributed by atoms with Crippen LogP contribution < -0.4 is 10.6 Å². The Morgan fingerprint density at radius 2 is 1.96 bits per heavy atom. The summed E-state index contributed by atoms with van der Waals surface area (Å²) in [6, 6.07) is 8.45. The van der Waals surface area contributed by atoms with E-state index in [0.717, 1.165) is 13.1 Å². The van der Waals surface area contributed by atoms with Gasteiger partial charge in [0.1, 0.15) is 6.54 Å². The normalized spacial score (nSPS) is 10.8. The summed E-state index contributed by atoms with van der Waals surface area (Å²) in [7, 11) is 3.57. The average molecular weight is 480 g/mol. The zero-order valence-corrected chi connectivity index (χ0v) is 18.5. The number of carbonyl (C=O) groups is 1. The molecule has 0 heterocycles. The third-order valence-corrected chi connectivity index (χ3v) is 4.02. The van der Waals surface area contributed by atoms with E-state index in [-0.39, 0.29) is 36.4 Å². The highest BCUT2D eigenvalue weighted by molar-refractivity contribution is 14.0. The van der Waals surface area contributed by atoms with Crippen molar-refractivity contribution in [1.82, 2.24) is 15.5 Å². The van der Waals surface area contributed by atoms with Gasteiger partial charge < -0.3 is 20.3 Å². The van der Waals surface area contributed by atoms with Gasteiger partial charge in [-0.1, -0.05) is 12.1 Å². The van der Waals surface area contributed by atoms with E-state index in [9.17, 15) is 4.79 Å². The van der Waals surface area contributed by atoms with Crippen LogP contribution in [0.1, 0.15) is 12.5 Å². The topological polar surface area (TPSA) is 66.0 Å². The van der Waals surface area contributed by atoms with Crippen molar-refractivity contribution in [3.8, 4) is 0 Å². The molecule has 0 fully saturated rings. The van der Waals surface area contributed by atoms with Crippen molar-refractivity contribution in [2.75, 3.05) is 46.7 Å². The molecule has 0 aliphatic rings. The van der Waals surface area contributed by atoms with Gasteiger partial charge in [0.15, 0.2) is 5.96 Å². The van der Waals surface area contributed by atoms with Crippen LogP contribution in [0.3, 0.4) is 0 Å². The molecule has 142 valence electrons. The Labute approximate surface area is 172 Å². The lowest BCUT2D eigenvalue weighted by Gasteiger charge is -2.22. The first-order valence-corrected chi connectivity index (χ1v) is 9.21. The molecule has 0 unspecified atom stereocenters. The number of nitrogens with one attached hydrogen (secondary N) is 2. The van der Waals surface area contributed by atoms with Crippen LogP contribution in [-0.2, 0) is 16.1 Å². The molecule has 0 aliphatic carbocycles. The van der Waals surface area contributed by atoms with Crippen LogP contribution in [0.2, 0.25) is 0 Å². The maximum absolute atomic E-state index is 11.8. The number of methoxy groups -OCH3 is 1. The minimum Gasteiger partial charge on any atom is -0.383 e. The van der Waals surface area contributed by atoms with Crippen LogP contribution in [0.4, 0.5) is 0 Å². The molecule has 0 bridgehead atoms. The van der Waals surface area contributed by atoms with Crippen LogP contribution in [-0.4, -0.2) is 63.4 Å². The first-order chi connectivity index (χ1) is 11.6. The standard InChI is InChI=1S/C17H28N4O2S.HI/c1-5-18-17(20-12-16(22)19-10-11-23-3)21(2)13-14-6-8-15(24-4)9-7-14;/h6-9H,5,10-13H2,1-4H3,(H,18,20)(H,19,22);1H. The number of nitrogens with zero attached hydrogens (tertiary/aromatic N) is 2. The molecule has 0 radical (unpaired) electrons. The second-order valence-electron chi connectivity index (χ2n) is 5.22. The number of hydrogen-bond acceptors (Lipinski definition) is 4. The van der Waals surface area contributed by atoms with E-state index in [0.29, 0.717) is 19.1 Å². The van der Waals surface area contributed by atoms with E-state index in [1.54, 1.807) is 18.9 Å². The number of rotatable bonds is 9. The van der Waals surface area contributed by atoms with E-state index in [1.165, 1.54) is 10.5 Å². The predicted molar refractivity (Wildman–Crippen MR) is 116 cm³/mol. The molecule has 0 aromatic heterocycles. The lowest BCUT2D eigenvalue weighted by Crippen LogP contribution is -2.39. The van der Waals surface area contributed by atoms with Crippen molar-refractivity contribution in [3.05, 3.63) is 29.8 Å². The van der Waals surface area contributed by atoms with Gasteiger partial charge in [-0.25, -0.2) is 4.99 Å². The average Bonchev–Trinajstić information content (AvgIpc) is 2.59. The van der Waals surface area contributed by atoms with Gasteiger partial charge in [-0.05, 0) is 30.9 Å². The van der Waals surface area contributed by atoms with Crippen molar-refractivity contribution in [2.45, 2.75) is 18.4 Å². The summed E-state index contributed by atoms with van der Waals surface area (Å²) in [6.07, 6.45) is 2.06. The Hall–Kier alpha value is -1.000. The minimum absolute atomic E-state index is 0. The third-order valence-electron chi connectivity index (χ3n) is 3.28. The molecule has 1 aromatic rings. The van der Waals surface area contributed by atoms with Crippen molar-refractivity contribution in [2.24, 2.45) is 4.99 Å². The molecule has 0 saturated carbocycles. The van der Waals surface area contributed by atoms with Crippen LogP contribution >= 0.6 is 35.7 Å². The monoisotopic (exact) mass is 480 g/mol. The van der Waals surface area contributed by atoms with Gasteiger partial charge in [0, 0.05) is 38.7 Å². The molecule has 0 aliphatic heterocycles. The SMILES string of the molecule is CCNC(=NCC(=O)NCCOC)N(C)Cc1ccc(SC)cc1.I. The second-order valence-corrected chi connectivity index (χ2v) is 6.10. The molecule has 0 saturated heterocycles. The molecular formula is C17H29IN4O2S. The van der Waals surface area contributed by atoms with Gasteiger partial charge in [-0.15, -0.1) is 35.7 Å². The largest absolute Gasteiger partial charge is 0.383 e. The summed E-state index contributed by atoms with van der Waals surface area (Å²) in [6.45, 7) is 4.59. The van der Waals surface area contributed by atoms with Crippen LogP contribution in [0, 0.1) is 0 Å². The Bertz CT molecular complexity index is 526. The number of guanidine groups is 1. The fourth-order valence-electron chi connectivity index (χ4n) is 2.04. The van der Waals surface area contributed by atoms with Crippen molar-refractivity contribution < 1.29 is 9.53 Å². The number of benzene rings is 1. The van der Waals surface area contributed by atoms with E-state index < -0.39 is 0 Å². The zero-order valence-electron chi connectivity index (χ0n) is 15.4. The number of ether oxygens (including phenoxy) is 1. The Morgan fingerprint density at radius 1 is 1.28 bits per heavy atom. The first-order valence-electron chi connectivity index (χ1n) is 7.98. The summed E-state index contributed by atoms with van der Waals surface area (Å²) < 4.78 is 4.90. The maximum atomic E-state index is 11.8. The number of amides is 1. The van der Waals surface area contributed by atoms with Crippen LogP contribution in [0.25, 0.3) is 0 Å². The summed E-state index contributed by atoms with van der Waals surface area (Å²) in [5.74, 6) is 0.605. The lowest BCUT2D eigenvalue weighted by atomic mass is 10.2. The predicted octanol–water partition coefficient (Wildman–Crippen LogP) is 2.19. The van der Waals surface area contributed by atoms with Gasteiger partial charge in [0.25, 0.3) is 0 Å². The van der Waals surface area contributed by atoms with E-state index in [2.05, 4.69) is 46.1 Å². The van der Waals surface area contributed by atoms with Gasteiger partial charge >= 0.3 is 0 Å². The van der Waals surface area contributed by atoms with E-state index in [4.69, 9.17) is 4.74 Å². The maximum Gasteiger partial charge on any atom is 0.241 e. The second kappa shape index (κ2) is 14.2. The summed E-state index contributed by atoms with van der Waals surface area (Å²) >= 11 is 1.73. The highest BCUT2D eigenvalue weighted by Crippen LogP contribution is 2.15. The summed E-state index contributed by atoms with van der Waals surface area (Å²) in [4.78, 5) is 19.4. The molecule has 8 heteroatoms. The molecule has 1 aromatic carbocycles. The molecule has 0 atom stereocenters. The lowest BCUT2D eigenvalue weighted by molar-refractivity contribution is -0.119. The van der Waals surface area contributed by atoms with Crippen LogP contribution in [0.5, 0.6) is 0 Å². The van der Waals surface area contributed by atoms with Gasteiger partial charge in [-0.2, -0.15) is 0 Å². The number of hydrogen-bond donors (Lipinski definition) is 2. The summed E-state index contributed by atoms with van der Waals surface area (Å²) in [5.41, 5.74) is 1.20. The molecule has 25 heavy (non-hydrogen) atoms. The van der Waals surface area contributed by atoms with Gasteiger partial charge in [0.05, 0.1) is 6.61 Å². The molecule has 1 rings (SSSR count). The first kappa shape index (κ1) is 24.0. The Morgan fingerprint density at radius 3 is 2.52 bits per heavy atom. The number of halogens is 1. The third kappa shape index (κ3) is 9.91. The fourth-order valence-corrected chi connectivity index (χ4v) is 2.45. The Kier molecular flexibility index (Phi) is 13.6. The van der Waals surface area contributed by atoms with Crippen molar-refractivity contribution in [1.29, 1.82) is 0 Å². The molecule has 0 spiro atoms. The summed E-state index contributed by atoms with van der Waals surface area (Å²) in [5, 5.41) is 5.98. The van der Waals surface area contributed by atoms with E-state index >= 15 is 0 Å². The van der Waals surface area contributed by atoms with Crippen LogP contribution in [0.15, 0.2) is 34.2 Å². The molecule has 1 amide bonds. The molecular weight excluding hydrogens is 451 g/mol. The fraction of sp³-hybridized carbons (Fsp3) is 0.529. The number of carbonyl (C=O) groups excluding carboxylic acids is 1. The van der Waals surface area contributed by atoms with Gasteiger partial charge in [0.2, 0.25) is 5.91 Å². The quantitative estimate of drug-likeness (QED) is 0.187. The highest BCUT2D eigenvalue weighted by Gasteiger charge is 2.08. The van der Waals surface area contributed by atoms with E-state index in [1.807, 2.05) is 18.9 Å². The van der Waals surface area contributed by atoms with Crippen molar-refractivity contribution in [3.63, 3.8) is 0 Å².